The summed E-state index contributed by atoms with van der Waals surface area (Å²) in [5, 5.41) is 4.66. The minimum Gasteiger partial charge on any atom is -0.438 e. The van der Waals surface area contributed by atoms with Gasteiger partial charge in [0.25, 0.3) is 0 Å². The lowest BCUT2D eigenvalue weighted by atomic mass is 9.90. The van der Waals surface area contributed by atoms with Crippen molar-refractivity contribution in [1.29, 1.82) is 0 Å². The predicted octanol–water partition coefficient (Wildman–Crippen LogP) is 2.39. The van der Waals surface area contributed by atoms with Crippen LogP contribution in [0.25, 0.3) is 32.8 Å². The van der Waals surface area contributed by atoms with Gasteiger partial charge in [0.1, 0.15) is 13.4 Å². The van der Waals surface area contributed by atoms with E-state index in [0.29, 0.717) is 5.71 Å². The maximum atomic E-state index is 5.79. The van der Waals surface area contributed by atoms with Gasteiger partial charge in [-0.1, -0.05) is 41.9 Å². The second-order valence-corrected chi connectivity index (χ2v) is 4.57. The fourth-order valence-corrected chi connectivity index (χ4v) is 2.58. The Kier molecular flexibility index (Phi) is 1.81. The number of para-hydroxylation sites is 1. The highest BCUT2D eigenvalue weighted by molar-refractivity contribution is 6.40. The van der Waals surface area contributed by atoms with Crippen LogP contribution in [0.1, 0.15) is 0 Å². The average Bonchev–Trinajstić information content (AvgIpc) is 2.77. The second-order valence-electron chi connectivity index (χ2n) is 4.57. The summed E-state index contributed by atoms with van der Waals surface area (Å²) in [4.78, 5) is 4.44. The number of aromatic nitrogens is 1. The number of furan rings is 1. The van der Waals surface area contributed by atoms with Gasteiger partial charge in [-0.3, -0.25) is 0 Å². The number of pyridine rings is 1. The van der Waals surface area contributed by atoms with Gasteiger partial charge in [-0.2, -0.15) is 0 Å². The number of rotatable bonds is 0. The first-order chi connectivity index (χ1) is 8.84. The van der Waals surface area contributed by atoms with Crippen LogP contribution in [0.3, 0.4) is 0 Å². The summed E-state index contributed by atoms with van der Waals surface area (Å²) in [5.74, 6) is 0. The topological polar surface area (TPSA) is 26.0 Å². The van der Waals surface area contributed by atoms with Gasteiger partial charge in [-0.15, -0.1) is 0 Å². The molecular weight excluding hydrogens is 221 g/mol. The molecule has 0 spiro atoms. The van der Waals surface area contributed by atoms with Crippen molar-refractivity contribution >= 4 is 46.2 Å². The quantitative estimate of drug-likeness (QED) is 0.434. The Bertz CT molecular complexity index is 895. The van der Waals surface area contributed by atoms with E-state index in [9.17, 15) is 0 Å². The van der Waals surface area contributed by atoms with Gasteiger partial charge in [0.05, 0.1) is 5.39 Å². The predicted molar refractivity (Wildman–Crippen MR) is 77.2 cm³/mol. The van der Waals surface area contributed by atoms with E-state index < -0.39 is 0 Å². The molecule has 0 radical (unpaired) electrons. The maximum Gasteiger partial charge on any atom is 0.227 e. The van der Waals surface area contributed by atoms with Crippen LogP contribution in [0.5, 0.6) is 0 Å². The Balaban J connectivity index is 2.37. The van der Waals surface area contributed by atoms with Crippen molar-refractivity contribution in [1.82, 2.24) is 4.98 Å². The van der Waals surface area contributed by atoms with Gasteiger partial charge < -0.3 is 4.42 Å². The van der Waals surface area contributed by atoms with Crippen LogP contribution in [-0.2, 0) is 0 Å². The molecule has 0 bridgehead atoms. The van der Waals surface area contributed by atoms with Gasteiger partial charge in [0.15, 0.2) is 0 Å². The first-order valence-electron chi connectivity index (χ1n) is 6.00. The number of fused-ring (bicyclic) bond motifs is 5. The van der Waals surface area contributed by atoms with Crippen molar-refractivity contribution in [3.63, 3.8) is 0 Å². The summed E-state index contributed by atoms with van der Waals surface area (Å²) in [5.41, 5.74) is 2.86. The minimum absolute atomic E-state index is 0.717. The van der Waals surface area contributed by atoms with Crippen molar-refractivity contribution in [3.05, 3.63) is 48.7 Å². The number of benzene rings is 2. The zero-order chi connectivity index (χ0) is 12.1. The largest absolute Gasteiger partial charge is 0.438 e. The molecule has 4 rings (SSSR count). The Labute approximate surface area is 105 Å². The van der Waals surface area contributed by atoms with Crippen molar-refractivity contribution in [2.24, 2.45) is 0 Å². The molecular formula is C15H10BNO. The molecule has 2 heterocycles. The average molecular weight is 231 g/mol. The summed E-state index contributed by atoms with van der Waals surface area (Å²) in [6, 6.07) is 14.4. The Hall–Kier alpha value is -2.29. The summed E-state index contributed by atoms with van der Waals surface area (Å²) < 4.78 is 5.79. The molecule has 84 valence electrons. The Morgan fingerprint density at radius 3 is 2.67 bits per heavy atom. The van der Waals surface area contributed by atoms with Crippen LogP contribution >= 0.6 is 0 Å². The lowest BCUT2D eigenvalue weighted by molar-refractivity contribution is 0.654. The van der Waals surface area contributed by atoms with Gasteiger partial charge in [0.2, 0.25) is 5.71 Å². The van der Waals surface area contributed by atoms with Crippen molar-refractivity contribution < 1.29 is 4.42 Å². The summed E-state index contributed by atoms with van der Waals surface area (Å²) >= 11 is 0. The monoisotopic (exact) mass is 231 g/mol. The van der Waals surface area contributed by atoms with Crippen LogP contribution in [0.4, 0.5) is 0 Å². The third kappa shape index (κ3) is 1.16. The smallest absolute Gasteiger partial charge is 0.227 e. The van der Waals surface area contributed by atoms with E-state index in [0.717, 1.165) is 16.4 Å². The molecule has 3 heteroatoms. The van der Waals surface area contributed by atoms with Crippen LogP contribution in [0.15, 0.2) is 53.1 Å². The molecule has 0 saturated heterocycles. The molecule has 2 aromatic heterocycles. The van der Waals surface area contributed by atoms with Crippen LogP contribution in [0.2, 0.25) is 0 Å². The highest BCUT2D eigenvalue weighted by Gasteiger charge is 2.11. The number of hydrogen-bond donors (Lipinski definition) is 0. The van der Waals surface area contributed by atoms with Crippen LogP contribution in [0, 0.1) is 0 Å². The highest BCUT2D eigenvalue weighted by Crippen LogP contribution is 2.32. The van der Waals surface area contributed by atoms with E-state index in [-0.39, 0.29) is 0 Å². The molecule has 2 aromatic carbocycles. The van der Waals surface area contributed by atoms with Crippen molar-refractivity contribution in [2.45, 2.75) is 0 Å². The summed E-state index contributed by atoms with van der Waals surface area (Å²) in [6.45, 7) is 0. The van der Waals surface area contributed by atoms with Crippen LogP contribution in [-0.4, -0.2) is 12.8 Å². The molecule has 18 heavy (non-hydrogen) atoms. The van der Waals surface area contributed by atoms with Gasteiger partial charge in [0, 0.05) is 11.6 Å². The van der Waals surface area contributed by atoms with Crippen molar-refractivity contribution in [3.8, 4) is 0 Å². The molecule has 2 nitrogen and oxygen atoms in total. The minimum atomic E-state index is 0.717. The molecule has 0 aliphatic rings. The molecule has 0 N–H and O–H groups in total. The molecule has 0 fully saturated rings. The SMILES string of the molecule is Bc1cccc2c1cnc1oc3ccccc3c12. The van der Waals surface area contributed by atoms with E-state index >= 15 is 0 Å². The van der Waals surface area contributed by atoms with Gasteiger partial charge in [-0.05, 0) is 16.8 Å². The van der Waals surface area contributed by atoms with E-state index in [1.807, 2.05) is 24.4 Å². The standard InChI is InChI=1S/C15H10BNO/c16-12-6-3-5-9-11(12)8-17-15-14(9)10-4-1-2-7-13(10)18-15/h1-8H,16H2. The number of hydrogen-bond acceptors (Lipinski definition) is 2. The highest BCUT2D eigenvalue weighted by atomic mass is 16.3. The van der Waals surface area contributed by atoms with Gasteiger partial charge in [-0.25, -0.2) is 4.98 Å². The van der Waals surface area contributed by atoms with E-state index in [2.05, 4.69) is 37.1 Å². The number of nitrogens with zero attached hydrogens (tertiary/aromatic N) is 1. The molecule has 0 unspecified atom stereocenters. The molecule has 0 atom stereocenters. The zero-order valence-electron chi connectivity index (χ0n) is 9.97. The fourth-order valence-electron chi connectivity index (χ4n) is 2.58. The van der Waals surface area contributed by atoms with E-state index in [1.54, 1.807) is 0 Å². The summed E-state index contributed by atoms with van der Waals surface area (Å²) in [6.07, 6.45) is 1.90. The van der Waals surface area contributed by atoms with E-state index in [4.69, 9.17) is 4.42 Å². The van der Waals surface area contributed by atoms with Crippen molar-refractivity contribution in [2.75, 3.05) is 0 Å². The molecule has 0 aliphatic carbocycles. The molecule has 4 aromatic rings. The molecule has 0 amide bonds. The first-order valence-corrected chi connectivity index (χ1v) is 6.00. The maximum absolute atomic E-state index is 5.79. The lowest BCUT2D eigenvalue weighted by Gasteiger charge is -2.01. The first kappa shape index (κ1) is 9.72. The summed E-state index contributed by atoms with van der Waals surface area (Å²) in [7, 11) is 2.11. The molecule has 0 aliphatic heterocycles. The lowest BCUT2D eigenvalue weighted by Crippen LogP contribution is -2.02. The Morgan fingerprint density at radius 2 is 1.72 bits per heavy atom. The second kappa shape index (κ2) is 3.36. The van der Waals surface area contributed by atoms with E-state index in [1.165, 1.54) is 16.2 Å². The fraction of sp³-hybridized carbons (Fsp3) is 0. The third-order valence-electron chi connectivity index (χ3n) is 3.48. The zero-order valence-corrected chi connectivity index (χ0v) is 9.97. The molecule has 0 saturated carbocycles. The van der Waals surface area contributed by atoms with Gasteiger partial charge >= 0.3 is 0 Å². The third-order valence-corrected chi connectivity index (χ3v) is 3.48. The van der Waals surface area contributed by atoms with Crippen LogP contribution < -0.4 is 5.46 Å². The Morgan fingerprint density at radius 1 is 0.889 bits per heavy atom. The normalized spacial score (nSPS) is 11.6.